The zero-order chi connectivity index (χ0) is 15.9. The molecule has 1 heterocycles. The van der Waals surface area contributed by atoms with Crippen LogP contribution >= 0.6 is 0 Å². The van der Waals surface area contributed by atoms with Crippen LogP contribution in [-0.2, 0) is 11.3 Å². The van der Waals surface area contributed by atoms with Crippen molar-refractivity contribution >= 4 is 0 Å². The lowest BCUT2D eigenvalue weighted by Gasteiger charge is -2.33. The predicted molar refractivity (Wildman–Crippen MR) is 72.1 cm³/mol. The second kappa shape index (κ2) is 8.30. The lowest BCUT2D eigenvalue weighted by Crippen LogP contribution is -2.52. The molecule has 1 atom stereocenters. The van der Waals surface area contributed by atoms with Gasteiger partial charge >= 0.3 is 13.2 Å². The number of nitrogens with zero attached hydrogens (tertiary/aromatic N) is 1. The zero-order valence-corrected chi connectivity index (χ0v) is 11.9. The summed E-state index contributed by atoms with van der Waals surface area (Å²) in [7, 11) is 0. The van der Waals surface area contributed by atoms with Gasteiger partial charge in [0.05, 0.1) is 6.61 Å². The Hall–Kier alpha value is -1.38. The number of ether oxygens (including phenoxy) is 2. The van der Waals surface area contributed by atoms with E-state index in [0.29, 0.717) is 19.6 Å². The second-order valence-corrected chi connectivity index (χ2v) is 5.00. The number of piperazine rings is 1. The normalized spacial score (nSPS) is 19.8. The Morgan fingerprint density at radius 3 is 2.50 bits per heavy atom. The number of hydrogen-bond donors (Lipinski definition) is 1. The van der Waals surface area contributed by atoms with Crippen molar-refractivity contribution in [3.05, 3.63) is 29.8 Å². The molecule has 124 valence electrons. The highest BCUT2D eigenvalue weighted by atomic mass is 19.3. The van der Waals surface area contributed by atoms with Crippen molar-refractivity contribution in [1.29, 1.82) is 0 Å². The van der Waals surface area contributed by atoms with Gasteiger partial charge in [-0.3, -0.25) is 4.90 Å². The molecule has 1 aromatic carbocycles. The summed E-state index contributed by atoms with van der Waals surface area (Å²) in [6.45, 7) is -2.99. The summed E-state index contributed by atoms with van der Waals surface area (Å²) >= 11 is 0. The third-order valence-electron chi connectivity index (χ3n) is 3.32. The second-order valence-electron chi connectivity index (χ2n) is 5.00. The fourth-order valence-corrected chi connectivity index (χ4v) is 2.37. The minimum atomic E-state index is -2.84. The molecule has 0 amide bonds. The smallest absolute Gasteiger partial charge is 0.387 e. The number of halogens is 4. The molecule has 4 nitrogen and oxygen atoms in total. The van der Waals surface area contributed by atoms with Crippen LogP contribution in [0.1, 0.15) is 5.56 Å². The Morgan fingerprint density at radius 2 is 1.86 bits per heavy atom. The Bertz CT molecular complexity index is 445. The van der Waals surface area contributed by atoms with E-state index >= 15 is 0 Å². The fourth-order valence-electron chi connectivity index (χ4n) is 2.37. The van der Waals surface area contributed by atoms with Gasteiger partial charge in [-0.15, -0.1) is 0 Å². The van der Waals surface area contributed by atoms with E-state index in [0.717, 1.165) is 12.1 Å². The zero-order valence-electron chi connectivity index (χ0n) is 11.9. The predicted octanol–water partition coefficient (Wildman–Crippen LogP) is 2.30. The van der Waals surface area contributed by atoms with Gasteiger partial charge in [-0.05, 0) is 17.7 Å². The van der Waals surface area contributed by atoms with Gasteiger partial charge in [0, 0.05) is 32.2 Å². The van der Waals surface area contributed by atoms with Gasteiger partial charge in [0.2, 0.25) is 0 Å². The molecule has 8 heteroatoms. The van der Waals surface area contributed by atoms with Crippen LogP contribution in [0.5, 0.6) is 5.75 Å². The van der Waals surface area contributed by atoms with Crippen LogP contribution in [0.2, 0.25) is 0 Å². The minimum Gasteiger partial charge on any atom is -0.435 e. The van der Waals surface area contributed by atoms with E-state index in [4.69, 9.17) is 0 Å². The minimum absolute atomic E-state index is 0.0463. The number of rotatable bonds is 7. The summed E-state index contributed by atoms with van der Waals surface area (Å²) < 4.78 is 56.8. The SMILES string of the molecule is FC(F)OC[C@@H]1CN(Cc2ccc(OC(F)F)cc2)CCN1. The van der Waals surface area contributed by atoms with Gasteiger partial charge in [0.25, 0.3) is 0 Å². The van der Waals surface area contributed by atoms with Crippen LogP contribution < -0.4 is 10.1 Å². The number of alkyl halides is 4. The molecule has 0 aliphatic carbocycles. The van der Waals surface area contributed by atoms with Gasteiger partial charge in [-0.25, -0.2) is 0 Å². The molecular formula is C14H18F4N2O2. The van der Waals surface area contributed by atoms with Crippen molar-refractivity contribution in [1.82, 2.24) is 10.2 Å². The van der Waals surface area contributed by atoms with Gasteiger partial charge < -0.3 is 14.8 Å². The molecule has 0 saturated carbocycles. The molecule has 0 bridgehead atoms. The number of nitrogens with one attached hydrogen (secondary N) is 1. The number of hydrogen-bond acceptors (Lipinski definition) is 4. The lowest BCUT2D eigenvalue weighted by atomic mass is 10.1. The maximum atomic E-state index is 12.1. The molecule has 1 aliphatic rings. The average molecular weight is 322 g/mol. The summed E-state index contributed by atoms with van der Waals surface area (Å²) in [6.07, 6.45) is 0. The largest absolute Gasteiger partial charge is 0.435 e. The van der Waals surface area contributed by atoms with E-state index in [1.165, 1.54) is 12.1 Å². The van der Waals surface area contributed by atoms with Gasteiger partial charge in [0.1, 0.15) is 5.75 Å². The standard InChI is InChI=1S/C14H18F4N2O2/c15-13(16)21-9-11-8-20(6-5-19-11)7-10-1-3-12(4-2-10)22-14(17)18/h1-4,11,13-14,19H,5-9H2/t11-/m0/s1. The van der Waals surface area contributed by atoms with Crippen LogP contribution in [-0.4, -0.2) is 50.4 Å². The highest BCUT2D eigenvalue weighted by Crippen LogP contribution is 2.16. The van der Waals surface area contributed by atoms with Crippen LogP contribution in [0.3, 0.4) is 0 Å². The van der Waals surface area contributed by atoms with E-state index in [1.807, 2.05) is 0 Å². The van der Waals surface area contributed by atoms with E-state index in [1.54, 1.807) is 12.1 Å². The average Bonchev–Trinajstić information content (AvgIpc) is 2.47. The maximum Gasteiger partial charge on any atom is 0.387 e. The summed E-state index contributed by atoms with van der Waals surface area (Å²) in [6, 6.07) is 6.25. The lowest BCUT2D eigenvalue weighted by molar-refractivity contribution is -0.136. The van der Waals surface area contributed by atoms with Gasteiger partial charge in [0.15, 0.2) is 0 Å². The highest BCUT2D eigenvalue weighted by molar-refractivity contribution is 5.27. The molecule has 1 aromatic rings. The monoisotopic (exact) mass is 322 g/mol. The van der Waals surface area contributed by atoms with Crippen molar-refractivity contribution in [3.8, 4) is 5.75 Å². The molecular weight excluding hydrogens is 304 g/mol. The van der Waals surface area contributed by atoms with E-state index in [9.17, 15) is 17.6 Å². The van der Waals surface area contributed by atoms with E-state index in [2.05, 4.69) is 19.7 Å². The summed E-state index contributed by atoms with van der Waals surface area (Å²) in [5, 5.41) is 3.12. The fraction of sp³-hybridized carbons (Fsp3) is 0.571. The molecule has 0 spiro atoms. The summed E-state index contributed by atoms with van der Waals surface area (Å²) in [5.74, 6) is 0.113. The van der Waals surface area contributed by atoms with Crippen molar-refractivity contribution in [2.75, 3.05) is 26.2 Å². The number of benzene rings is 1. The summed E-state index contributed by atoms with van der Waals surface area (Å²) in [5.41, 5.74) is 0.942. The van der Waals surface area contributed by atoms with Crippen molar-refractivity contribution in [3.63, 3.8) is 0 Å². The molecule has 1 aliphatic heterocycles. The van der Waals surface area contributed by atoms with Crippen LogP contribution in [0, 0.1) is 0 Å². The molecule has 0 aromatic heterocycles. The van der Waals surface area contributed by atoms with E-state index in [-0.39, 0.29) is 18.4 Å². The van der Waals surface area contributed by atoms with Gasteiger partial charge in [-0.2, -0.15) is 17.6 Å². The first-order chi connectivity index (χ1) is 10.5. The molecule has 22 heavy (non-hydrogen) atoms. The Labute approximate surface area is 126 Å². The quantitative estimate of drug-likeness (QED) is 0.781. The van der Waals surface area contributed by atoms with Crippen molar-refractivity contribution in [2.24, 2.45) is 0 Å². The third-order valence-corrected chi connectivity index (χ3v) is 3.32. The Kier molecular flexibility index (Phi) is 6.41. The van der Waals surface area contributed by atoms with Crippen molar-refractivity contribution < 1.29 is 27.0 Å². The Balaban J connectivity index is 1.82. The van der Waals surface area contributed by atoms with Crippen molar-refractivity contribution in [2.45, 2.75) is 25.8 Å². The molecule has 2 rings (SSSR count). The first-order valence-electron chi connectivity index (χ1n) is 6.92. The molecule has 0 unspecified atom stereocenters. The first kappa shape index (κ1) is 17.0. The molecule has 0 radical (unpaired) electrons. The summed E-state index contributed by atoms with van der Waals surface area (Å²) in [4.78, 5) is 2.10. The van der Waals surface area contributed by atoms with Crippen LogP contribution in [0.15, 0.2) is 24.3 Å². The highest BCUT2D eigenvalue weighted by Gasteiger charge is 2.20. The first-order valence-corrected chi connectivity index (χ1v) is 6.92. The molecule has 1 saturated heterocycles. The van der Waals surface area contributed by atoms with Crippen LogP contribution in [0.25, 0.3) is 0 Å². The topological polar surface area (TPSA) is 33.7 Å². The Morgan fingerprint density at radius 1 is 1.14 bits per heavy atom. The van der Waals surface area contributed by atoms with Gasteiger partial charge in [-0.1, -0.05) is 12.1 Å². The van der Waals surface area contributed by atoms with Crippen LogP contribution in [0.4, 0.5) is 17.6 Å². The third kappa shape index (κ3) is 5.78. The molecule has 1 fully saturated rings. The maximum absolute atomic E-state index is 12.1. The molecule has 1 N–H and O–H groups in total. The van der Waals surface area contributed by atoms with E-state index < -0.39 is 13.2 Å².